The summed E-state index contributed by atoms with van der Waals surface area (Å²) in [6.45, 7) is 4.24. The predicted molar refractivity (Wildman–Crippen MR) is 59.2 cm³/mol. The fourth-order valence-electron chi connectivity index (χ4n) is 2.00. The van der Waals surface area contributed by atoms with Gasteiger partial charge in [0.1, 0.15) is 5.82 Å². The highest BCUT2D eigenvalue weighted by Gasteiger charge is 2.16. The van der Waals surface area contributed by atoms with E-state index in [9.17, 15) is 4.39 Å². The van der Waals surface area contributed by atoms with E-state index in [4.69, 9.17) is 0 Å². The van der Waals surface area contributed by atoms with Crippen LogP contribution >= 0.6 is 0 Å². The lowest BCUT2D eigenvalue weighted by Crippen LogP contribution is -2.33. The standard InChI is InChI=1S/C12H17FN2/c1-9(15-12-6-7-14-8-12)10-2-4-11(13)5-3-10/h2-5,9,12,14-15H,6-8H2,1H3/t9-,12?/m1/s1. The molecule has 82 valence electrons. The van der Waals surface area contributed by atoms with E-state index >= 15 is 0 Å². The minimum atomic E-state index is -0.173. The Kier molecular flexibility index (Phi) is 3.34. The molecule has 0 amide bonds. The van der Waals surface area contributed by atoms with Crippen LogP contribution in [0.4, 0.5) is 4.39 Å². The average molecular weight is 208 g/mol. The lowest BCUT2D eigenvalue weighted by molar-refractivity contribution is 0.478. The Morgan fingerprint density at radius 2 is 2.13 bits per heavy atom. The first-order chi connectivity index (χ1) is 7.25. The molecule has 1 aliphatic rings. The molecule has 2 nitrogen and oxygen atoms in total. The zero-order chi connectivity index (χ0) is 10.7. The Morgan fingerprint density at radius 1 is 1.40 bits per heavy atom. The highest BCUT2D eigenvalue weighted by atomic mass is 19.1. The van der Waals surface area contributed by atoms with Gasteiger partial charge in [-0.2, -0.15) is 0 Å². The second-order valence-corrected chi connectivity index (χ2v) is 4.13. The maximum atomic E-state index is 12.7. The number of hydrogen-bond donors (Lipinski definition) is 2. The summed E-state index contributed by atoms with van der Waals surface area (Å²) >= 11 is 0. The van der Waals surface area contributed by atoms with Crippen molar-refractivity contribution in [3.63, 3.8) is 0 Å². The van der Waals surface area contributed by atoms with Crippen LogP contribution in [-0.2, 0) is 0 Å². The largest absolute Gasteiger partial charge is 0.315 e. The van der Waals surface area contributed by atoms with E-state index in [-0.39, 0.29) is 11.9 Å². The number of hydrogen-bond acceptors (Lipinski definition) is 2. The molecule has 1 aromatic carbocycles. The highest BCUT2D eigenvalue weighted by molar-refractivity contribution is 5.19. The van der Waals surface area contributed by atoms with Crippen LogP contribution in [0.2, 0.25) is 0 Å². The minimum Gasteiger partial charge on any atom is -0.315 e. The van der Waals surface area contributed by atoms with Gasteiger partial charge in [0.15, 0.2) is 0 Å². The number of benzene rings is 1. The van der Waals surface area contributed by atoms with Crippen LogP contribution in [0, 0.1) is 5.82 Å². The second kappa shape index (κ2) is 4.73. The summed E-state index contributed by atoms with van der Waals surface area (Å²) in [6.07, 6.45) is 1.17. The van der Waals surface area contributed by atoms with Gasteiger partial charge in [-0.15, -0.1) is 0 Å². The van der Waals surface area contributed by atoms with Gasteiger partial charge in [0, 0.05) is 18.6 Å². The van der Waals surface area contributed by atoms with E-state index in [2.05, 4.69) is 17.6 Å². The molecule has 2 N–H and O–H groups in total. The molecule has 1 saturated heterocycles. The summed E-state index contributed by atoms with van der Waals surface area (Å²) in [7, 11) is 0. The fraction of sp³-hybridized carbons (Fsp3) is 0.500. The van der Waals surface area contributed by atoms with Gasteiger partial charge >= 0.3 is 0 Å². The van der Waals surface area contributed by atoms with Crippen LogP contribution in [0.5, 0.6) is 0 Å². The van der Waals surface area contributed by atoms with Crippen LogP contribution in [-0.4, -0.2) is 19.1 Å². The molecule has 3 heteroatoms. The zero-order valence-electron chi connectivity index (χ0n) is 8.96. The summed E-state index contributed by atoms with van der Waals surface area (Å²) < 4.78 is 12.7. The van der Waals surface area contributed by atoms with E-state index < -0.39 is 0 Å². The van der Waals surface area contributed by atoms with Crippen LogP contribution in [0.15, 0.2) is 24.3 Å². The third kappa shape index (κ3) is 2.76. The Labute approximate surface area is 89.9 Å². The molecule has 0 aromatic heterocycles. The van der Waals surface area contributed by atoms with Crippen LogP contribution in [0.3, 0.4) is 0 Å². The third-order valence-electron chi connectivity index (χ3n) is 2.92. The summed E-state index contributed by atoms with van der Waals surface area (Å²) in [5, 5.41) is 6.85. The Bertz CT molecular complexity index is 304. The van der Waals surface area contributed by atoms with Gasteiger partial charge in [-0.05, 0) is 37.6 Å². The van der Waals surface area contributed by atoms with E-state index in [1.54, 1.807) is 0 Å². The van der Waals surface area contributed by atoms with Gasteiger partial charge in [-0.3, -0.25) is 0 Å². The van der Waals surface area contributed by atoms with Crippen molar-refractivity contribution in [1.29, 1.82) is 0 Å². The lowest BCUT2D eigenvalue weighted by atomic mass is 10.1. The van der Waals surface area contributed by atoms with Gasteiger partial charge in [0.2, 0.25) is 0 Å². The van der Waals surface area contributed by atoms with Crippen molar-refractivity contribution < 1.29 is 4.39 Å². The molecule has 1 heterocycles. The topological polar surface area (TPSA) is 24.1 Å². The van der Waals surface area contributed by atoms with E-state index in [1.807, 2.05) is 12.1 Å². The smallest absolute Gasteiger partial charge is 0.123 e. The molecule has 0 aliphatic carbocycles. The maximum absolute atomic E-state index is 12.7. The number of nitrogens with one attached hydrogen (secondary N) is 2. The molecular weight excluding hydrogens is 191 g/mol. The second-order valence-electron chi connectivity index (χ2n) is 4.13. The van der Waals surface area contributed by atoms with Crippen molar-refractivity contribution in [2.75, 3.05) is 13.1 Å². The van der Waals surface area contributed by atoms with Gasteiger partial charge in [-0.1, -0.05) is 12.1 Å². The molecule has 0 spiro atoms. The van der Waals surface area contributed by atoms with E-state index in [0.29, 0.717) is 6.04 Å². The molecule has 0 saturated carbocycles. The van der Waals surface area contributed by atoms with Crippen molar-refractivity contribution in [2.24, 2.45) is 0 Å². The third-order valence-corrected chi connectivity index (χ3v) is 2.92. The van der Waals surface area contributed by atoms with Crippen molar-refractivity contribution in [3.8, 4) is 0 Å². The summed E-state index contributed by atoms with van der Waals surface area (Å²) in [5.74, 6) is -0.173. The van der Waals surface area contributed by atoms with Gasteiger partial charge in [0.25, 0.3) is 0 Å². The highest BCUT2D eigenvalue weighted by Crippen LogP contribution is 2.14. The number of rotatable bonds is 3. The number of halogens is 1. The van der Waals surface area contributed by atoms with Gasteiger partial charge < -0.3 is 10.6 Å². The first kappa shape index (κ1) is 10.6. The first-order valence-corrected chi connectivity index (χ1v) is 5.48. The van der Waals surface area contributed by atoms with E-state index in [0.717, 1.165) is 18.7 Å². The van der Waals surface area contributed by atoms with Gasteiger partial charge in [-0.25, -0.2) is 4.39 Å². The van der Waals surface area contributed by atoms with Crippen LogP contribution in [0.25, 0.3) is 0 Å². The maximum Gasteiger partial charge on any atom is 0.123 e. The summed E-state index contributed by atoms with van der Waals surface area (Å²) in [5.41, 5.74) is 1.14. The summed E-state index contributed by atoms with van der Waals surface area (Å²) in [4.78, 5) is 0. The molecule has 2 rings (SSSR count). The molecule has 0 bridgehead atoms. The quantitative estimate of drug-likeness (QED) is 0.792. The molecule has 1 aromatic rings. The van der Waals surface area contributed by atoms with Crippen LogP contribution < -0.4 is 10.6 Å². The predicted octanol–water partition coefficient (Wildman–Crippen LogP) is 1.84. The Hall–Kier alpha value is -0.930. The van der Waals surface area contributed by atoms with Crippen molar-refractivity contribution >= 4 is 0 Å². The van der Waals surface area contributed by atoms with Crippen molar-refractivity contribution in [1.82, 2.24) is 10.6 Å². The molecule has 15 heavy (non-hydrogen) atoms. The minimum absolute atomic E-state index is 0.173. The monoisotopic (exact) mass is 208 g/mol. The molecule has 2 atom stereocenters. The zero-order valence-corrected chi connectivity index (χ0v) is 8.96. The fourth-order valence-corrected chi connectivity index (χ4v) is 2.00. The normalized spacial score (nSPS) is 22.9. The Balaban J connectivity index is 1.94. The molecule has 1 unspecified atom stereocenters. The average Bonchev–Trinajstić information content (AvgIpc) is 2.71. The Morgan fingerprint density at radius 3 is 2.73 bits per heavy atom. The molecule has 1 fully saturated rings. The summed E-state index contributed by atoms with van der Waals surface area (Å²) in [6, 6.07) is 7.55. The van der Waals surface area contributed by atoms with Crippen LogP contribution in [0.1, 0.15) is 24.9 Å². The molecular formula is C12H17FN2. The first-order valence-electron chi connectivity index (χ1n) is 5.48. The van der Waals surface area contributed by atoms with E-state index in [1.165, 1.54) is 18.6 Å². The lowest BCUT2D eigenvalue weighted by Gasteiger charge is -2.19. The SMILES string of the molecule is C[C@@H](NC1CCNC1)c1ccc(F)cc1. The molecule has 0 radical (unpaired) electrons. The van der Waals surface area contributed by atoms with Crippen molar-refractivity contribution in [3.05, 3.63) is 35.6 Å². The molecule has 1 aliphatic heterocycles. The van der Waals surface area contributed by atoms with Crippen molar-refractivity contribution in [2.45, 2.75) is 25.4 Å². The van der Waals surface area contributed by atoms with Gasteiger partial charge in [0.05, 0.1) is 0 Å².